The van der Waals surface area contributed by atoms with E-state index >= 15 is 0 Å². The van der Waals surface area contributed by atoms with Crippen LogP contribution in [0.5, 0.6) is 0 Å². The first-order chi connectivity index (χ1) is 10.6. The van der Waals surface area contributed by atoms with Gasteiger partial charge < -0.3 is 0 Å². The second-order valence-electron chi connectivity index (χ2n) is 10.4. The monoisotopic (exact) mass is 321 g/mol. The summed E-state index contributed by atoms with van der Waals surface area (Å²) in [5, 5.41) is 0. The summed E-state index contributed by atoms with van der Waals surface area (Å²) in [5.74, 6) is 0. The van der Waals surface area contributed by atoms with Gasteiger partial charge in [0.25, 0.3) is 0 Å². The van der Waals surface area contributed by atoms with E-state index in [0.717, 1.165) is 6.04 Å². The molecule has 0 bridgehead atoms. The van der Waals surface area contributed by atoms with E-state index in [1.54, 1.807) is 0 Å². The Hall–Kier alpha value is -0.120. The van der Waals surface area contributed by atoms with Gasteiger partial charge in [-0.1, -0.05) is 0 Å². The third kappa shape index (κ3) is 3.77. The van der Waals surface area contributed by atoms with Gasteiger partial charge in [-0.2, -0.15) is 0 Å². The third-order valence-corrected chi connectivity index (χ3v) is 6.89. The highest BCUT2D eigenvalue weighted by molar-refractivity contribution is 5.03. The van der Waals surface area contributed by atoms with Gasteiger partial charge in [-0.05, 0) is 85.7 Å². The molecule has 1 saturated carbocycles. The predicted octanol–water partition coefficient (Wildman–Crippen LogP) is 3.45. The van der Waals surface area contributed by atoms with Crippen molar-refractivity contribution in [3.8, 4) is 0 Å². The van der Waals surface area contributed by atoms with E-state index < -0.39 is 0 Å². The van der Waals surface area contributed by atoms with E-state index in [9.17, 15) is 0 Å². The van der Waals surface area contributed by atoms with Crippen LogP contribution in [0, 0.1) is 5.41 Å². The Bertz CT molecular complexity index is 394. The zero-order valence-corrected chi connectivity index (χ0v) is 16.5. The molecule has 134 valence electrons. The summed E-state index contributed by atoms with van der Waals surface area (Å²) in [6, 6.07) is 0.887. The van der Waals surface area contributed by atoms with Crippen LogP contribution in [0.15, 0.2) is 0 Å². The molecule has 3 aliphatic rings. The smallest absolute Gasteiger partial charge is 0.0126 e. The Morgan fingerprint density at radius 3 is 1.52 bits per heavy atom. The highest BCUT2D eigenvalue weighted by Gasteiger charge is 2.48. The fourth-order valence-corrected chi connectivity index (χ4v) is 5.02. The minimum absolute atomic E-state index is 0.340. The number of piperidine rings is 1. The molecule has 0 aromatic carbocycles. The summed E-state index contributed by atoms with van der Waals surface area (Å²) < 4.78 is 0. The molecule has 0 aromatic rings. The van der Waals surface area contributed by atoms with Crippen LogP contribution in [0.2, 0.25) is 0 Å². The van der Waals surface area contributed by atoms with Gasteiger partial charge in [0.05, 0.1) is 0 Å². The fraction of sp³-hybridized carbons (Fsp3) is 1.00. The van der Waals surface area contributed by atoms with Gasteiger partial charge in [0.15, 0.2) is 0 Å². The quantitative estimate of drug-likeness (QED) is 0.732. The van der Waals surface area contributed by atoms with Crippen LogP contribution in [0.4, 0.5) is 0 Å². The standard InChI is InChI=1S/C20H39N3/c1-18(2,3)22-9-7-20(8-10-22)15-17(16-20)21-11-13-23(14-12-21)19(4,5)6/h17H,7-16H2,1-6H3. The van der Waals surface area contributed by atoms with Crippen molar-refractivity contribution in [2.75, 3.05) is 39.3 Å². The highest BCUT2D eigenvalue weighted by atomic mass is 15.3. The number of rotatable bonds is 1. The molecule has 2 saturated heterocycles. The SMILES string of the molecule is CC(C)(C)N1CCN(C2CC3(CCN(C(C)(C)C)CC3)C2)CC1. The van der Waals surface area contributed by atoms with Crippen LogP contribution in [0.25, 0.3) is 0 Å². The van der Waals surface area contributed by atoms with Crippen molar-refractivity contribution in [3.05, 3.63) is 0 Å². The Labute approximate surface area is 144 Å². The zero-order valence-electron chi connectivity index (χ0n) is 16.5. The van der Waals surface area contributed by atoms with Crippen molar-refractivity contribution >= 4 is 0 Å². The van der Waals surface area contributed by atoms with Crippen molar-refractivity contribution in [1.82, 2.24) is 14.7 Å². The number of nitrogens with zero attached hydrogens (tertiary/aromatic N) is 3. The molecule has 0 radical (unpaired) electrons. The van der Waals surface area contributed by atoms with Gasteiger partial charge in [-0.3, -0.25) is 14.7 Å². The fourth-order valence-electron chi connectivity index (χ4n) is 5.02. The second-order valence-corrected chi connectivity index (χ2v) is 10.4. The molecule has 3 rings (SSSR count). The molecule has 0 amide bonds. The Morgan fingerprint density at radius 2 is 1.09 bits per heavy atom. The van der Waals surface area contributed by atoms with E-state index in [1.165, 1.54) is 65.0 Å². The molecule has 23 heavy (non-hydrogen) atoms. The van der Waals surface area contributed by atoms with Gasteiger partial charge in [-0.15, -0.1) is 0 Å². The summed E-state index contributed by atoms with van der Waals surface area (Å²) in [5.41, 5.74) is 1.40. The van der Waals surface area contributed by atoms with Gasteiger partial charge >= 0.3 is 0 Å². The molecule has 0 aromatic heterocycles. The van der Waals surface area contributed by atoms with E-state index in [1.807, 2.05) is 0 Å². The van der Waals surface area contributed by atoms with Crippen LogP contribution < -0.4 is 0 Å². The van der Waals surface area contributed by atoms with E-state index in [0.29, 0.717) is 16.5 Å². The summed E-state index contributed by atoms with van der Waals surface area (Å²) in [6.45, 7) is 21.9. The highest BCUT2D eigenvalue weighted by Crippen LogP contribution is 2.51. The van der Waals surface area contributed by atoms with Gasteiger partial charge in [0, 0.05) is 43.3 Å². The van der Waals surface area contributed by atoms with Crippen LogP contribution in [-0.2, 0) is 0 Å². The lowest BCUT2D eigenvalue weighted by molar-refractivity contribution is -0.0729. The van der Waals surface area contributed by atoms with Crippen molar-refractivity contribution in [1.29, 1.82) is 0 Å². The first-order valence-corrected chi connectivity index (χ1v) is 9.83. The molecule has 3 heteroatoms. The second kappa shape index (κ2) is 6.00. The van der Waals surface area contributed by atoms with Gasteiger partial charge in [0.1, 0.15) is 0 Å². The minimum atomic E-state index is 0.340. The minimum Gasteiger partial charge on any atom is -0.298 e. The van der Waals surface area contributed by atoms with Crippen molar-refractivity contribution in [2.45, 2.75) is 84.3 Å². The lowest BCUT2D eigenvalue weighted by Gasteiger charge is -2.58. The Morgan fingerprint density at radius 1 is 0.652 bits per heavy atom. The molecule has 1 aliphatic carbocycles. The van der Waals surface area contributed by atoms with Crippen LogP contribution in [0.1, 0.15) is 67.2 Å². The third-order valence-electron chi connectivity index (χ3n) is 6.89. The molecular formula is C20H39N3. The van der Waals surface area contributed by atoms with Crippen LogP contribution >= 0.6 is 0 Å². The van der Waals surface area contributed by atoms with Crippen molar-refractivity contribution < 1.29 is 0 Å². The van der Waals surface area contributed by atoms with Crippen molar-refractivity contribution in [3.63, 3.8) is 0 Å². The summed E-state index contributed by atoms with van der Waals surface area (Å²) >= 11 is 0. The van der Waals surface area contributed by atoms with E-state index in [4.69, 9.17) is 0 Å². The first kappa shape index (κ1) is 17.7. The maximum atomic E-state index is 2.80. The molecule has 2 heterocycles. The van der Waals surface area contributed by atoms with Crippen LogP contribution in [0.3, 0.4) is 0 Å². The lowest BCUT2D eigenvalue weighted by atomic mass is 9.59. The summed E-state index contributed by atoms with van der Waals surface area (Å²) in [7, 11) is 0. The Balaban J connectivity index is 1.44. The largest absolute Gasteiger partial charge is 0.298 e. The average Bonchev–Trinajstić information content (AvgIpc) is 2.43. The van der Waals surface area contributed by atoms with Crippen LogP contribution in [-0.4, -0.2) is 71.1 Å². The number of hydrogen-bond donors (Lipinski definition) is 0. The topological polar surface area (TPSA) is 9.72 Å². The molecule has 3 fully saturated rings. The Kier molecular flexibility index (Phi) is 4.61. The molecule has 3 nitrogen and oxygen atoms in total. The van der Waals surface area contributed by atoms with E-state index in [2.05, 4.69) is 56.2 Å². The molecular weight excluding hydrogens is 282 g/mol. The maximum Gasteiger partial charge on any atom is 0.0126 e. The molecule has 2 aliphatic heterocycles. The lowest BCUT2D eigenvalue weighted by Crippen LogP contribution is -2.61. The van der Waals surface area contributed by atoms with Crippen molar-refractivity contribution in [2.24, 2.45) is 5.41 Å². The number of likely N-dealkylation sites (tertiary alicyclic amines) is 1. The predicted molar refractivity (Wildman–Crippen MR) is 98.9 cm³/mol. The first-order valence-electron chi connectivity index (χ1n) is 9.83. The zero-order chi connectivity index (χ0) is 16.9. The summed E-state index contributed by atoms with van der Waals surface area (Å²) in [6.07, 6.45) is 5.81. The number of piperazine rings is 1. The molecule has 0 N–H and O–H groups in total. The molecule has 0 atom stereocenters. The van der Waals surface area contributed by atoms with Gasteiger partial charge in [0.2, 0.25) is 0 Å². The van der Waals surface area contributed by atoms with Gasteiger partial charge in [-0.25, -0.2) is 0 Å². The maximum absolute atomic E-state index is 2.80. The summed E-state index contributed by atoms with van der Waals surface area (Å²) in [4.78, 5) is 8.14. The normalized spacial score (nSPS) is 29.0. The number of hydrogen-bond acceptors (Lipinski definition) is 3. The molecule has 0 unspecified atom stereocenters. The molecule has 1 spiro atoms. The average molecular weight is 322 g/mol. The van der Waals surface area contributed by atoms with E-state index in [-0.39, 0.29) is 0 Å².